The third-order valence-electron chi connectivity index (χ3n) is 3.85. The number of hydrogen-bond acceptors (Lipinski definition) is 3. The summed E-state index contributed by atoms with van der Waals surface area (Å²) in [6.45, 7) is -0.152. The zero-order chi connectivity index (χ0) is 22.7. The summed E-state index contributed by atoms with van der Waals surface area (Å²) in [5.41, 5.74) is 0.848. The first kappa shape index (κ1) is 18.9. The molecule has 0 saturated carbocycles. The van der Waals surface area contributed by atoms with Crippen LogP contribution in [0.15, 0.2) is 54.5 Å². The molecule has 0 fully saturated rings. The first-order chi connectivity index (χ1) is 14.7. The van der Waals surface area contributed by atoms with Gasteiger partial charge in [0, 0.05) is 31.2 Å². The van der Waals surface area contributed by atoms with E-state index in [0.717, 1.165) is 0 Å². The van der Waals surface area contributed by atoms with E-state index in [1.54, 1.807) is 18.2 Å². The molecule has 8 heteroatoms. The highest BCUT2D eigenvalue weighted by Gasteiger charge is 2.18. The second kappa shape index (κ2) is 9.59. The van der Waals surface area contributed by atoms with Crippen molar-refractivity contribution >= 4 is 52.4 Å². The zero-order valence-corrected chi connectivity index (χ0v) is 17.7. The quantitative estimate of drug-likeness (QED) is 0.394. The normalized spacial score (nSPS) is 11.6. The highest BCUT2D eigenvalue weighted by Crippen LogP contribution is 2.34. The molecule has 0 aliphatic rings. The minimum atomic E-state index is -1.21. The molecule has 0 bridgehead atoms. The van der Waals surface area contributed by atoms with Crippen molar-refractivity contribution in [3.63, 3.8) is 0 Å². The molecule has 1 N–H and O–H groups in total. The van der Waals surface area contributed by atoms with Gasteiger partial charge >= 0.3 is 5.97 Å². The lowest BCUT2D eigenvalue weighted by Crippen LogP contribution is -2.07. The molecule has 3 aromatic rings. The Bertz CT molecular complexity index is 1150. The second-order valence-corrected chi connectivity index (χ2v) is 7.38. The molecule has 150 valence electrons. The van der Waals surface area contributed by atoms with E-state index in [1.807, 2.05) is 0 Å². The number of carboxylic acid groups (broad SMARTS) is 1. The molecular formula is C21H14Cl4O4. The number of benzene rings is 3. The minimum Gasteiger partial charge on any atom is -0.485 e. The summed E-state index contributed by atoms with van der Waals surface area (Å²) >= 11 is 24.1. The number of hydrogen-bond donors (Lipinski definition) is 1. The summed E-state index contributed by atoms with van der Waals surface area (Å²) in [4.78, 5) is 11.7. The maximum atomic E-state index is 11.7. The van der Waals surface area contributed by atoms with Crippen molar-refractivity contribution in [2.45, 2.75) is 13.2 Å². The number of carbonyl (C=O) groups is 1. The van der Waals surface area contributed by atoms with Gasteiger partial charge in [-0.25, -0.2) is 4.79 Å². The Balaban J connectivity index is 1.88. The number of rotatable bonds is 7. The number of halogens is 4. The molecule has 4 nitrogen and oxygen atoms in total. The topological polar surface area (TPSA) is 55.8 Å². The van der Waals surface area contributed by atoms with Crippen molar-refractivity contribution in [3.05, 3.63) is 91.3 Å². The second-order valence-electron chi connectivity index (χ2n) is 5.81. The van der Waals surface area contributed by atoms with Crippen molar-refractivity contribution in [3.8, 4) is 11.5 Å². The molecular weight excluding hydrogens is 458 g/mol. The van der Waals surface area contributed by atoms with Crippen LogP contribution in [-0.2, 0) is 13.2 Å². The smallest absolute Gasteiger partial charge is 0.339 e. The number of ether oxygens (including phenoxy) is 2. The lowest BCUT2D eigenvalue weighted by atomic mass is 10.1. The highest BCUT2D eigenvalue weighted by atomic mass is 35.5. The molecule has 0 atom stereocenters. The molecule has 0 amide bonds. The Morgan fingerprint density at radius 1 is 0.862 bits per heavy atom. The minimum absolute atomic E-state index is 0.0104. The molecule has 29 heavy (non-hydrogen) atoms. The van der Waals surface area contributed by atoms with Crippen molar-refractivity contribution in [2.75, 3.05) is 0 Å². The maximum absolute atomic E-state index is 11.7. The van der Waals surface area contributed by atoms with Crippen molar-refractivity contribution in [1.82, 2.24) is 0 Å². The molecule has 3 rings (SSSR count). The van der Waals surface area contributed by atoms with Gasteiger partial charge in [0.05, 0.1) is 2.74 Å². The summed E-state index contributed by atoms with van der Waals surface area (Å²) in [5, 5.41) is 10.2. The first-order valence-electron chi connectivity index (χ1n) is 9.19. The van der Waals surface area contributed by atoms with Gasteiger partial charge in [-0.15, -0.1) is 0 Å². The highest BCUT2D eigenvalue weighted by molar-refractivity contribution is 6.35. The van der Waals surface area contributed by atoms with Crippen LogP contribution in [0, 0.1) is 0 Å². The third kappa shape index (κ3) is 5.49. The van der Waals surface area contributed by atoms with Crippen LogP contribution in [0.5, 0.6) is 11.5 Å². The molecule has 0 aromatic heterocycles. The molecule has 0 aliphatic heterocycles. The molecule has 0 heterocycles. The van der Waals surface area contributed by atoms with E-state index < -0.39 is 5.97 Å². The number of para-hydroxylation sites is 1. The van der Waals surface area contributed by atoms with Crippen LogP contribution >= 0.6 is 46.4 Å². The molecule has 3 aromatic carbocycles. The summed E-state index contributed by atoms with van der Waals surface area (Å²) in [6, 6.07) is 10.6. The lowest BCUT2D eigenvalue weighted by molar-refractivity contribution is 0.0690. The van der Waals surface area contributed by atoms with E-state index in [1.165, 1.54) is 24.3 Å². The number of carboxylic acids is 1. The van der Waals surface area contributed by atoms with Crippen LogP contribution in [0.25, 0.3) is 0 Å². The van der Waals surface area contributed by atoms with Gasteiger partial charge in [0.1, 0.15) is 18.8 Å². The third-order valence-corrected chi connectivity index (χ3v) is 4.96. The van der Waals surface area contributed by atoms with Crippen LogP contribution in [0.4, 0.5) is 0 Å². The molecule has 0 saturated heterocycles. The SMILES string of the molecule is [3H]c1c(Cl)ccc(COc2cccc(C(=O)O)c2OCc2ccc(Cl)c([3H])c2Cl)c1Cl. The molecule has 0 radical (unpaired) electrons. The average Bonchev–Trinajstić information content (AvgIpc) is 2.75. The van der Waals surface area contributed by atoms with Crippen molar-refractivity contribution < 1.29 is 22.1 Å². The Morgan fingerprint density at radius 3 is 1.97 bits per heavy atom. The van der Waals surface area contributed by atoms with Gasteiger partial charge < -0.3 is 14.6 Å². The molecule has 0 unspecified atom stereocenters. The Hall–Kier alpha value is -2.11. The van der Waals surface area contributed by atoms with E-state index in [2.05, 4.69) is 0 Å². The van der Waals surface area contributed by atoms with Crippen LogP contribution in [0.1, 0.15) is 24.2 Å². The van der Waals surface area contributed by atoms with Crippen molar-refractivity contribution in [2.24, 2.45) is 0 Å². The van der Waals surface area contributed by atoms with Crippen LogP contribution < -0.4 is 9.47 Å². The maximum Gasteiger partial charge on any atom is 0.339 e. The number of aromatic carboxylic acids is 1. The van der Waals surface area contributed by atoms with Gasteiger partial charge in [-0.2, -0.15) is 0 Å². The van der Waals surface area contributed by atoms with Gasteiger partial charge in [-0.1, -0.05) is 64.6 Å². The van der Waals surface area contributed by atoms with Crippen LogP contribution in [-0.4, -0.2) is 11.1 Å². The Morgan fingerprint density at radius 2 is 1.41 bits per heavy atom. The fraction of sp³-hybridized carbons (Fsp3) is 0.0952. The predicted molar refractivity (Wildman–Crippen MR) is 115 cm³/mol. The van der Waals surface area contributed by atoms with E-state index in [4.69, 9.17) is 58.6 Å². The summed E-state index contributed by atoms with van der Waals surface area (Å²) in [5.74, 6) is -1.06. The van der Waals surface area contributed by atoms with E-state index in [-0.39, 0.29) is 62.5 Å². The standard InChI is InChI=1S/C21H14Cl4O4/c22-14-6-4-12(17(24)8-14)10-28-19-3-1-2-16(21(26)27)20(19)29-11-13-5-7-15(23)9-18(13)25/h1-9H,10-11H2,(H,26,27)/i8T,9T. The van der Waals surface area contributed by atoms with Gasteiger partial charge in [0.2, 0.25) is 0 Å². The summed E-state index contributed by atoms with van der Waals surface area (Å²) in [7, 11) is 0. The van der Waals surface area contributed by atoms with Crippen molar-refractivity contribution in [1.29, 1.82) is 0 Å². The lowest BCUT2D eigenvalue weighted by Gasteiger charge is -2.16. The average molecular weight is 476 g/mol. The van der Waals surface area contributed by atoms with Gasteiger partial charge in [0.25, 0.3) is 0 Å². The van der Waals surface area contributed by atoms with Crippen LogP contribution in [0.2, 0.25) is 20.1 Å². The summed E-state index contributed by atoms with van der Waals surface area (Å²) < 4.78 is 27.2. The van der Waals surface area contributed by atoms with E-state index in [0.29, 0.717) is 11.1 Å². The van der Waals surface area contributed by atoms with Gasteiger partial charge in [-0.3, -0.25) is 0 Å². The Kier molecular flexibility index (Phi) is 6.25. The fourth-order valence-electron chi connectivity index (χ4n) is 2.42. The summed E-state index contributed by atoms with van der Waals surface area (Å²) in [6.07, 6.45) is 0. The zero-order valence-electron chi connectivity index (χ0n) is 16.6. The van der Waals surface area contributed by atoms with Gasteiger partial charge in [-0.05, 0) is 36.4 Å². The van der Waals surface area contributed by atoms with E-state index >= 15 is 0 Å². The molecule has 0 spiro atoms. The molecule has 0 aliphatic carbocycles. The fourth-order valence-corrected chi connectivity index (χ4v) is 3.27. The first-order valence-corrected chi connectivity index (χ1v) is 9.70. The predicted octanol–water partition coefficient (Wildman–Crippen LogP) is 7.16. The Labute approximate surface area is 190 Å². The monoisotopic (exact) mass is 474 g/mol. The van der Waals surface area contributed by atoms with Gasteiger partial charge in [0.15, 0.2) is 11.5 Å². The largest absolute Gasteiger partial charge is 0.485 e. The van der Waals surface area contributed by atoms with Crippen LogP contribution in [0.3, 0.4) is 0 Å². The van der Waals surface area contributed by atoms with E-state index in [9.17, 15) is 9.90 Å².